The molecule has 2 aromatic carbocycles. The van der Waals surface area contributed by atoms with E-state index in [9.17, 15) is 0 Å². The molecule has 1 aromatic heterocycles. The summed E-state index contributed by atoms with van der Waals surface area (Å²) in [6, 6.07) is 13.1. The Kier molecular flexibility index (Phi) is 4.08. The van der Waals surface area contributed by atoms with Gasteiger partial charge >= 0.3 is 0 Å². The third kappa shape index (κ3) is 2.87. The van der Waals surface area contributed by atoms with Gasteiger partial charge in [-0.1, -0.05) is 41.1 Å². The minimum atomic E-state index is 0.114. The summed E-state index contributed by atoms with van der Waals surface area (Å²) in [5.74, 6) is 1.04. The largest absolute Gasteiger partial charge is 0.336 e. The number of nitrogens with one attached hydrogen (secondary N) is 1. The van der Waals surface area contributed by atoms with Gasteiger partial charge in [-0.3, -0.25) is 0 Å². The SMILES string of the molecule is CCNC(c1ccc2cc(Br)ccc2c1)c1nccn1C. The number of rotatable bonds is 4. The second kappa shape index (κ2) is 6.00. The smallest absolute Gasteiger partial charge is 0.130 e. The molecule has 108 valence electrons. The first-order chi connectivity index (χ1) is 10.2. The maximum absolute atomic E-state index is 4.50. The number of nitrogens with zero attached hydrogens (tertiary/aromatic N) is 2. The van der Waals surface area contributed by atoms with Gasteiger partial charge in [-0.05, 0) is 41.1 Å². The Balaban J connectivity index is 2.07. The molecule has 0 aliphatic rings. The predicted molar refractivity (Wildman–Crippen MR) is 90.4 cm³/mol. The van der Waals surface area contributed by atoms with Crippen LogP contribution in [0.3, 0.4) is 0 Å². The molecule has 0 radical (unpaired) electrons. The molecule has 4 heteroatoms. The van der Waals surface area contributed by atoms with Gasteiger partial charge in [0.05, 0.1) is 6.04 Å². The van der Waals surface area contributed by atoms with Crippen molar-refractivity contribution in [3.05, 3.63) is 64.7 Å². The van der Waals surface area contributed by atoms with Crippen LogP contribution in [-0.4, -0.2) is 16.1 Å². The van der Waals surface area contributed by atoms with E-state index in [-0.39, 0.29) is 6.04 Å². The Morgan fingerprint density at radius 1 is 1.19 bits per heavy atom. The van der Waals surface area contributed by atoms with Gasteiger partial charge in [-0.15, -0.1) is 0 Å². The van der Waals surface area contributed by atoms with Crippen LogP contribution in [0.25, 0.3) is 10.8 Å². The number of aryl methyl sites for hydroxylation is 1. The molecular weight excluding hydrogens is 326 g/mol. The molecule has 0 aliphatic heterocycles. The molecule has 1 N–H and O–H groups in total. The van der Waals surface area contributed by atoms with Crippen LogP contribution in [0.15, 0.2) is 53.3 Å². The van der Waals surface area contributed by atoms with Crippen molar-refractivity contribution < 1.29 is 0 Å². The third-order valence-electron chi connectivity index (χ3n) is 3.68. The van der Waals surface area contributed by atoms with Crippen molar-refractivity contribution in [2.24, 2.45) is 7.05 Å². The molecule has 1 unspecified atom stereocenters. The highest BCUT2D eigenvalue weighted by atomic mass is 79.9. The lowest BCUT2D eigenvalue weighted by Crippen LogP contribution is -2.24. The molecular formula is C17H18BrN3. The summed E-state index contributed by atoms with van der Waals surface area (Å²) in [4.78, 5) is 4.50. The molecule has 0 amide bonds. The van der Waals surface area contributed by atoms with Crippen molar-refractivity contribution in [1.82, 2.24) is 14.9 Å². The molecule has 1 atom stereocenters. The summed E-state index contributed by atoms with van der Waals surface area (Å²) in [6.45, 7) is 3.02. The molecule has 3 nitrogen and oxygen atoms in total. The number of hydrogen-bond acceptors (Lipinski definition) is 2. The van der Waals surface area contributed by atoms with E-state index in [1.54, 1.807) is 0 Å². The summed E-state index contributed by atoms with van der Waals surface area (Å²) >= 11 is 3.52. The molecule has 0 saturated carbocycles. The number of benzene rings is 2. The number of halogens is 1. The second-order valence-corrected chi connectivity index (χ2v) is 6.05. The second-order valence-electron chi connectivity index (χ2n) is 5.14. The van der Waals surface area contributed by atoms with Crippen LogP contribution in [0.5, 0.6) is 0 Å². The van der Waals surface area contributed by atoms with Crippen molar-refractivity contribution in [2.75, 3.05) is 6.54 Å². The van der Waals surface area contributed by atoms with Crippen LogP contribution in [0, 0.1) is 0 Å². The summed E-state index contributed by atoms with van der Waals surface area (Å²) < 4.78 is 3.18. The van der Waals surface area contributed by atoms with Gasteiger partial charge in [0.1, 0.15) is 5.82 Å². The van der Waals surface area contributed by atoms with Crippen LogP contribution in [0.2, 0.25) is 0 Å². The first kappa shape index (κ1) is 14.3. The molecule has 0 saturated heterocycles. The Bertz CT molecular complexity index is 764. The van der Waals surface area contributed by atoms with E-state index in [0.29, 0.717) is 0 Å². The molecule has 3 rings (SSSR count). The van der Waals surface area contributed by atoms with E-state index >= 15 is 0 Å². The van der Waals surface area contributed by atoms with Crippen molar-refractivity contribution >= 4 is 26.7 Å². The number of fused-ring (bicyclic) bond motifs is 1. The summed E-state index contributed by atoms with van der Waals surface area (Å²) in [6.07, 6.45) is 3.83. The first-order valence-corrected chi connectivity index (χ1v) is 7.88. The minimum absolute atomic E-state index is 0.114. The van der Waals surface area contributed by atoms with Crippen LogP contribution >= 0.6 is 15.9 Å². The molecule has 3 aromatic rings. The van der Waals surface area contributed by atoms with Crippen molar-refractivity contribution in [3.8, 4) is 0 Å². The lowest BCUT2D eigenvalue weighted by molar-refractivity contribution is 0.577. The Morgan fingerprint density at radius 2 is 1.95 bits per heavy atom. The zero-order valence-corrected chi connectivity index (χ0v) is 13.8. The monoisotopic (exact) mass is 343 g/mol. The van der Waals surface area contributed by atoms with Crippen LogP contribution in [-0.2, 0) is 7.05 Å². The van der Waals surface area contributed by atoms with Gasteiger partial charge in [-0.25, -0.2) is 4.98 Å². The molecule has 0 bridgehead atoms. The summed E-state index contributed by atoms with van der Waals surface area (Å²) in [5.41, 5.74) is 1.24. The molecule has 1 heterocycles. The predicted octanol–water partition coefficient (Wildman–Crippen LogP) is 4.03. The van der Waals surface area contributed by atoms with E-state index < -0.39 is 0 Å². The maximum atomic E-state index is 4.50. The standard InChI is InChI=1S/C17H18BrN3/c1-3-19-16(17-20-8-9-21(17)2)14-5-4-13-11-15(18)7-6-12(13)10-14/h4-11,16,19H,3H2,1-2H3. The minimum Gasteiger partial charge on any atom is -0.336 e. The van der Waals surface area contributed by atoms with Gasteiger partial charge in [0.2, 0.25) is 0 Å². The van der Waals surface area contributed by atoms with E-state index in [2.05, 4.69) is 74.1 Å². The Morgan fingerprint density at radius 3 is 2.67 bits per heavy atom. The van der Waals surface area contributed by atoms with E-state index in [0.717, 1.165) is 16.8 Å². The fraction of sp³-hybridized carbons (Fsp3) is 0.235. The van der Waals surface area contributed by atoms with Crippen molar-refractivity contribution in [1.29, 1.82) is 0 Å². The average Bonchev–Trinajstić information content (AvgIpc) is 2.90. The fourth-order valence-corrected chi connectivity index (χ4v) is 3.01. The first-order valence-electron chi connectivity index (χ1n) is 7.09. The average molecular weight is 344 g/mol. The normalized spacial score (nSPS) is 12.7. The quantitative estimate of drug-likeness (QED) is 0.774. The van der Waals surface area contributed by atoms with Gasteiger partial charge in [0, 0.05) is 23.9 Å². The number of aromatic nitrogens is 2. The zero-order chi connectivity index (χ0) is 14.8. The molecule has 0 spiro atoms. The highest BCUT2D eigenvalue weighted by Gasteiger charge is 2.17. The zero-order valence-electron chi connectivity index (χ0n) is 12.2. The topological polar surface area (TPSA) is 29.9 Å². The molecule has 21 heavy (non-hydrogen) atoms. The highest BCUT2D eigenvalue weighted by Crippen LogP contribution is 2.26. The summed E-state index contributed by atoms with van der Waals surface area (Å²) in [5, 5.41) is 6.01. The Labute approximate surface area is 133 Å². The molecule has 0 fully saturated rings. The molecule has 0 aliphatic carbocycles. The Hall–Kier alpha value is -1.65. The maximum Gasteiger partial charge on any atom is 0.130 e. The number of hydrogen-bond donors (Lipinski definition) is 1. The number of imidazole rings is 1. The van der Waals surface area contributed by atoms with Gasteiger partial charge < -0.3 is 9.88 Å². The van der Waals surface area contributed by atoms with Gasteiger partial charge in [0.25, 0.3) is 0 Å². The van der Waals surface area contributed by atoms with Gasteiger partial charge in [0.15, 0.2) is 0 Å². The van der Waals surface area contributed by atoms with E-state index in [1.165, 1.54) is 16.3 Å². The third-order valence-corrected chi connectivity index (χ3v) is 4.18. The fourth-order valence-electron chi connectivity index (χ4n) is 2.63. The van der Waals surface area contributed by atoms with E-state index in [1.807, 2.05) is 19.4 Å². The van der Waals surface area contributed by atoms with Crippen LogP contribution in [0.1, 0.15) is 24.4 Å². The van der Waals surface area contributed by atoms with Crippen molar-refractivity contribution in [3.63, 3.8) is 0 Å². The lowest BCUT2D eigenvalue weighted by atomic mass is 10.0. The van der Waals surface area contributed by atoms with Crippen LogP contribution in [0.4, 0.5) is 0 Å². The highest BCUT2D eigenvalue weighted by molar-refractivity contribution is 9.10. The van der Waals surface area contributed by atoms with Gasteiger partial charge in [-0.2, -0.15) is 0 Å². The lowest BCUT2D eigenvalue weighted by Gasteiger charge is -2.18. The van der Waals surface area contributed by atoms with Crippen LogP contribution < -0.4 is 5.32 Å². The van der Waals surface area contributed by atoms with E-state index in [4.69, 9.17) is 0 Å². The summed E-state index contributed by atoms with van der Waals surface area (Å²) in [7, 11) is 2.03. The van der Waals surface area contributed by atoms with Crippen molar-refractivity contribution in [2.45, 2.75) is 13.0 Å².